The smallest absolute Gasteiger partial charge is 0.191 e. The first-order valence-corrected chi connectivity index (χ1v) is 6.35. The second-order valence-corrected chi connectivity index (χ2v) is 5.04. The molecule has 2 rings (SSSR count). The molecule has 0 aliphatic heterocycles. The standard InChI is InChI=1S/C12H17N3O.C2H6/c1-8-13-9(7-16-8)10-6-11(12(2,3)4)14-15(10)5;1-2/h6-7H,1-5H3;1-2H3. The number of aryl methyl sites for hydroxylation is 2. The highest BCUT2D eigenvalue weighted by Crippen LogP contribution is 2.26. The maximum absolute atomic E-state index is 5.22. The molecule has 18 heavy (non-hydrogen) atoms. The maximum Gasteiger partial charge on any atom is 0.191 e. The van der Waals surface area contributed by atoms with Crippen LogP contribution in [0.25, 0.3) is 11.4 Å². The fourth-order valence-corrected chi connectivity index (χ4v) is 1.55. The van der Waals surface area contributed by atoms with Crippen LogP contribution in [-0.4, -0.2) is 14.8 Å². The third kappa shape index (κ3) is 3.00. The quantitative estimate of drug-likeness (QED) is 0.774. The van der Waals surface area contributed by atoms with Crippen molar-refractivity contribution in [1.82, 2.24) is 14.8 Å². The van der Waals surface area contributed by atoms with Crippen molar-refractivity contribution in [3.05, 3.63) is 23.9 Å². The van der Waals surface area contributed by atoms with Gasteiger partial charge in [-0.2, -0.15) is 5.10 Å². The Morgan fingerprint density at radius 3 is 2.22 bits per heavy atom. The highest BCUT2D eigenvalue weighted by Gasteiger charge is 2.20. The molecular formula is C14H23N3O. The van der Waals surface area contributed by atoms with Crippen LogP contribution in [0.15, 0.2) is 16.7 Å². The molecule has 0 unspecified atom stereocenters. The summed E-state index contributed by atoms with van der Waals surface area (Å²) >= 11 is 0. The minimum atomic E-state index is 0.0504. The summed E-state index contributed by atoms with van der Waals surface area (Å²) in [5.41, 5.74) is 2.94. The van der Waals surface area contributed by atoms with E-state index in [9.17, 15) is 0 Å². The lowest BCUT2D eigenvalue weighted by atomic mass is 9.92. The molecule has 0 amide bonds. The molecule has 0 bridgehead atoms. The van der Waals surface area contributed by atoms with Gasteiger partial charge in [0, 0.05) is 19.4 Å². The lowest BCUT2D eigenvalue weighted by Gasteiger charge is -2.13. The van der Waals surface area contributed by atoms with Crippen LogP contribution >= 0.6 is 0 Å². The second kappa shape index (κ2) is 5.38. The lowest BCUT2D eigenvalue weighted by Crippen LogP contribution is -2.12. The molecule has 100 valence electrons. The Labute approximate surface area is 109 Å². The predicted molar refractivity (Wildman–Crippen MR) is 73.5 cm³/mol. The largest absolute Gasteiger partial charge is 0.449 e. The van der Waals surface area contributed by atoms with Crippen LogP contribution in [0.4, 0.5) is 0 Å². The molecule has 2 aromatic heterocycles. The minimum Gasteiger partial charge on any atom is -0.449 e. The van der Waals surface area contributed by atoms with Crippen molar-refractivity contribution >= 4 is 0 Å². The number of rotatable bonds is 1. The van der Waals surface area contributed by atoms with Gasteiger partial charge in [0.05, 0.1) is 11.4 Å². The molecular weight excluding hydrogens is 226 g/mol. The van der Waals surface area contributed by atoms with Crippen LogP contribution in [0.5, 0.6) is 0 Å². The Morgan fingerprint density at radius 1 is 1.22 bits per heavy atom. The van der Waals surface area contributed by atoms with Gasteiger partial charge in [0.1, 0.15) is 12.0 Å². The van der Waals surface area contributed by atoms with Crippen LogP contribution < -0.4 is 0 Å². The van der Waals surface area contributed by atoms with Gasteiger partial charge in [-0.1, -0.05) is 34.6 Å². The molecule has 2 aromatic rings. The molecule has 2 heterocycles. The predicted octanol–water partition coefficient (Wildman–Crippen LogP) is 3.71. The van der Waals surface area contributed by atoms with Crippen LogP contribution in [0, 0.1) is 6.92 Å². The van der Waals surface area contributed by atoms with E-state index in [1.165, 1.54) is 0 Å². The zero-order valence-corrected chi connectivity index (χ0v) is 12.4. The summed E-state index contributed by atoms with van der Waals surface area (Å²) in [6.45, 7) is 12.3. The van der Waals surface area contributed by atoms with Crippen molar-refractivity contribution in [2.75, 3.05) is 0 Å². The first kappa shape index (κ1) is 14.5. The van der Waals surface area contributed by atoms with E-state index in [0.717, 1.165) is 17.1 Å². The van der Waals surface area contributed by atoms with E-state index >= 15 is 0 Å². The molecule has 0 atom stereocenters. The summed E-state index contributed by atoms with van der Waals surface area (Å²) in [7, 11) is 1.93. The van der Waals surface area contributed by atoms with Gasteiger partial charge >= 0.3 is 0 Å². The number of hydrogen-bond acceptors (Lipinski definition) is 3. The van der Waals surface area contributed by atoms with Gasteiger partial charge in [0.2, 0.25) is 0 Å². The molecule has 0 radical (unpaired) electrons. The summed E-state index contributed by atoms with van der Waals surface area (Å²) in [4.78, 5) is 4.31. The summed E-state index contributed by atoms with van der Waals surface area (Å²) < 4.78 is 7.06. The summed E-state index contributed by atoms with van der Waals surface area (Å²) in [5, 5.41) is 4.50. The van der Waals surface area contributed by atoms with E-state index in [4.69, 9.17) is 4.42 Å². The lowest BCUT2D eigenvalue weighted by molar-refractivity contribution is 0.521. The number of hydrogen-bond donors (Lipinski definition) is 0. The zero-order chi connectivity index (χ0) is 13.9. The minimum absolute atomic E-state index is 0.0504. The molecule has 0 N–H and O–H groups in total. The SMILES string of the molecule is CC.Cc1nc(-c2cc(C(C)(C)C)nn2C)co1. The third-order valence-corrected chi connectivity index (χ3v) is 2.53. The third-order valence-electron chi connectivity index (χ3n) is 2.53. The van der Waals surface area contributed by atoms with Gasteiger partial charge in [0.15, 0.2) is 5.89 Å². The summed E-state index contributed by atoms with van der Waals surface area (Å²) in [6, 6.07) is 2.07. The van der Waals surface area contributed by atoms with Gasteiger partial charge < -0.3 is 4.42 Å². The van der Waals surface area contributed by atoms with E-state index in [1.807, 2.05) is 32.5 Å². The molecule has 0 saturated carbocycles. The topological polar surface area (TPSA) is 43.9 Å². The van der Waals surface area contributed by atoms with Crippen molar-refractivity contribution in [1.29, 1.82) is 0 Å². The molecule has 0 saturated heterocycles. The number of nitrogens with zero attached hydrogens (tertiary/aromatic N) is 3. The van der Waals surface area contributed by atoms with Gasteiger partial charge in [-0.15, -0.1) is 0 Å². The fourth-order valence-electron chi connectivity index (χ4n) is 1.55. The van der Waals surface area contributed by atoms with E-state index in [2.05, 4.69) is 36.9 Å². The summed E-state index contributed by atoms with van der Waals surface area (Å²) in [5.74, 6) is 0.675. The Balaban J connectivity index is 0.000000771. The average Bonchev–Trinajstić information content (AvgIpc) is 2.86. The van der Waals surface area contributed by atoms with Gasteiger partial charge in [0.25, 0.3) is 0 Å². The Kier molecular flexibility index (Phi) is 4.33. The summed E-state index contributed by atoms with van der Waals surface area (Å²) in [6.07, 6.45) is 1.67. The second-order valence-electron chi connectivity index (χ2n) is 5.04. The molecule has 0 fully saturated rings. The van der Waals surface area contributed by atoms with Gasteiger partial charge in [-0.3, -0.25) is 4.68 Å². The Morgan fingerprint density at radius 2 is 1.83 bits per heavy atom. The first-order valence-electron chi connectivity index (χ1n) is 6.35. The average molecular weight is 249 g/mol. The van der Waals surface area contributed by atoms with E-state index < -0.39 is 0 Å². The van der Waals surface area contributed by atoms with Gasteiger partial charge in [-0.05, 0) is 6.07 Å². The van der Waals surface area contributed by atoms with Crippen molar-refractivity contribution in [2.45, 2.75) is 47.0 Å². The van der Waals surface area contributed by atoms with E-state index in [0.29, 0.717) is 5.89 Å². The zero-order valence-electron chi connectivity index (χ0n) is 12.4. The van der Waals surface area contributed by atoms with Crippen LogP contribution in [0.3, 0.4) is 0 Å². The van der Waals surface area contributed by atoms with Crippen LogP contribution in [0.1, 0.15) is 46.2 Å². The highest BCUT2D eigenvalue weighted by atomic mass is 16.3. The highest BCUT2D eigenvalue weighted by molar-refractivity contribution is 5.54. The van der Waals surface area contributed by atoms with Crippen LogP contribution in [-0.2, 0) is 12.5 Å². The maximum atomic E-state index is 5.22. The monoisotopic (exact) mass is 249 g/mol. The van der Waals surface area contributed by atoms with Crippen LogP contribution in [0.2, 0.25) is 0 Å². The fraction of sp³-hybridized carbons (Fsp3) is 0.571. The van der Waals surface area contributed by atoms with Crippen molar-refractivity contribution in [2.24, 2.45) is 7.05 Å². The molecule has 0 aliphatic carbocycles. The van der Waals surface area contributed by atoms with Gasteiger partial charge in [-0.25, -0.2) is 4.98 Å². The number of oxazole rings is 1. The molecule has 0 aliphatic rings. The number of aromatic nitrogens is 3. The molecule has 4 heteroatoms. The van der Waals surface area contributed by atoms with E-state index in [1.54, 1.807) is 6.26 Å². The van der Waals surface area contributed by atoms with Crippen molar-refractivity contribution in [3.8, 4) is 11.4 Å². The molecule has 0 aromatic carbocycles. The normalized spacial score (nSPS) is 11.1. The Hall–Kier alpha value is -1.58. The molecule has 0 spiro atoms. The van der Waals surface area contributed by atoms with Crippen molar-refractivity contribution in [3.63, 3.8) is 0 Å². The van der Waals surface area contributed by atoms with E-state index in [-0.39, 0.29) is 5.41 Å². The van der Waals surface area contributed by atoms with Crippen molar-refractivity contribution < 1.29 is 4.42 Å². The first-order chi connectivity index (χ1) is 8.38. The molecule has 4 nitrogen and oxygen atoms in total. The Bertz CT molecular complexity index is 503.